The van der Waals surface area contributed by atoms with Crippen molar-refractivity contribution in [3.05, 3.63) is 62.1 Å². The van der Waals surface area contributed by atoms with Crippen LogP contribution in [-0.2, 0) is 0 Å². The highest BCUT2D eigenvalue weighted by molar-refractivity contribution is 6.33. The summed E-state index contributed by atoms with van der Waals surface area (Å²) in [5, 5.41) is 13.1. The molecule has 1 N–H and O–H groups in total. The van der Waals surface area contributed by atoms with Crippen LogP contribution in [0.5, 0.6) is 0 Å². The molecular weight excluding hydrogens is 324 g/mol. The van der Waals surface area contributed by atoms with Gasteiger partial charge in [-0.1, -0.05) is 23.2 Å². The number of carbonyl (C=O) groups excluding carboxylic acids is 1. The molecule has 1 aromatic carbocycles. The summed E-state index contributed by atoms with van der Waals surface area (Å²) in [7, 11) is 0. The van der Waals surface area contributed by atoms with Crippen molar-refractivity contribution in [2.75, 3.05) is 5.32 Å². The molecule has 0 fully saturated rings. The Labute approximate surface area is 127 Å². The Kier molecular flexibility index (Phi) is 4.35. The maximum Gasteiger partial charge on any atom is 0.292 e. The molecule has 0 saturated carbocycles. The number of aromatic nitrogens is 1. The number of nitrogens with one attached hydrogen (secondary N) is 1. The minimum Gasteiger partial charge on any atom is -0.316 e. The van der Waals surface area contributed by atoms with Crippen molar-refractivity contribution in [2.45, 2.75) is 0 Å². The van der Waals surface area contributed by atoms with E-state index < -0.39 is 22.3 Å². The molecule has 1 aromatic heterocycles. The van der Waals surface area contributed by atoms with Crippen LogP contribution in [0.15, 0.2) is 30.3 Å². The third-order valence-electron chi connectivity index (χ3n) is 2.43. The van der Waals surface area contributed by atoms with Gasteiger partial charge in [0.05, 0.1) is 4.92 Å². The molecule has 21 heavy (non-hydrogen) atoms. The SMILES string of the molecule is O=C(Nc1cc(F)ccc1[N+](=O)[O-])c1cc(Cl)nc(Cl)c1. The first-order valence-corrected chi connectivity index (χ1v) is 6.21. The predicted octanol–water partition coefficient (Wildman–Crippen LogP) is 3.69. The van der Waals surface area contributed by atoms with Crippen LogP contribution < -0.4 is 5.32 Å². The van der Waals surface area contributed by atoms with Crippen LogP contribution in [0.3, 0.4) is 0 Å². The molecule has 0 aliphatic rings. The largest absolute Gasteiger partial charge is 0.316 e. The summed E-state index contributed by atoms with van der Waals surface area (Å²) in [4.78, 5) is 25.8. The Morgan fingerprint density at radius 1 is 1.24 bits per heavy atom. The van der Waals surface area contributed by atoms with Gasteiger partial charge < -0.3 is 5.32 Å². The van der Waals surface area contributed by atoms with Crippen molar-refractivity contribution in [3.8, 4) is 0 Å². The molecule has 0 aliphatic carbocycles. The second-order valence-electron chi connectivity index (χ2n) is 3.87. The van der Waals surface area contributed by atoms with Crippen molar-refractivity contribution in [2.24, 2.45) is 0 Å². The van der Waals surface area contributed by atoms with Gasteiger partial charge in [0, 0.05) is 17.7 Å². The van der Waals surface area contributed by atoms with Gasteiger partial charge in [-0.25, -0.2) is 9.37 Å². The fourth-order valence-corrected chi connectivity index (χ4v) is 2.02. The Bertz CT molecular complexity index is 719. The first kappa shape index (κ1) is 15.1. The monoisotopic (exact) mass is 329 g/mol. The lowest BCUT2D eigenvalue weighted by molar-refractivity contribution is -0.384. The molecule has 0 atom stereocenters. The van der Waals surface area contributed by atoms with Crippen LogP contribution in [0.2, 0.25) is 10.3 Å². The van der Waals surface area contributed by atoms with Gasteiger partial charge in [0.25, 0.3) is 11.6 Å². The number of hydrogen-bond donors (Lipinski definition) is 1. The van der Waals surface area contributed by atoms with Crippen molar-refractivity contribution in [3.63, 3.8) is 0 Å². The molecular formula is C12H6Cl2FN3O3. The Morgan fingerprint density at radius 2 is 1.86 bits per heavy atom. The Balaban J connectivity index is 2.35. The van der Waals surface area contributed by atoms with E-state index in [2.05, 4.69) is 10.3 Å². The van der Waals surface area contributed by atoms with Gasteiger partial charge in [-0.2, -0.15) is 0 Å². The number of amides is 1. The van der Waals surface area contributed by atoms with Gasteiger partial charge in [0.2, 0.25) is 0 Å². The molecule has 0 radical (unpaired) electrons. The average molecular weight is 330 g/mol. The number of carbonyl (C=O) groups is 1. The number of nitro groups is 1. The van der Waals surface area contributed by atoms with Crippen molar-refractivity contribution in [1.82, 2.24) is 4.98 Å². The highest BCUT2D eigenvalue weighted by Gasteiger charge is 2.18. The fraction of sp³-hybridized carbons (Fsp3) is 0. The van der Waals surface area contributed by atoms with Crippen molar-refractivity contribution in [1.29, 1.82) is 0 Å². The van der Waals surface area contributed by atoms with E-state index in [1.165, 1.54) is 12.1 Å². The molecule has 2 rings (SSSR count). The zero-order valence-corrected chi connectivity index (χ0v) is 11.7. The second-order valence-corrected chi connectivity index (χ2v) is 4.65. The minimum absolute atomic E-state index is 0.0126. The number of pyridine rings is 1. The highest BCUT2D eigenvalue weighted by Crippen LogP contribution is 2.26. The topological polar surface area (TPSA) is 85.1 Å². The predicted molar refractivity (Wildman–Crippen MR) is 75.3 cm³/mol. The standard InChI is InChI=1S/C12H6Cl2FN3O3/c13-10-3-6(4-11(14)17-10)12(19)16-8-5-7(15)1-2-9(8)18(20)21/h1-5H,(H,16,19). The van der Waals surface area contributed by atoms with E-state index in [0.29, 0.717) is 0 Å². The lowest BCUT2D eigenvalue weighted by Gasteiger charge is -2.06. The average Bonchev–Trinajstić information content (AvgIpc) is 2.37. The quantitative estimate of drug-likeness (QED) is 0.528. The van der Waals surface area contributed by atoms with Crippen LogP contribution >= 0.6 is 23.2 Å². The summed E-state index contributed by atoms with van der Waals surface area (Å²) in [6.45, 7) is 0. The fourth-order valence-electron chi connectivity index (χ4n) is 1.56. The van der Waals surface area contributed by atoms with E-state index in [1.807, 2.05) is 0 Å². The van der Waals surface area contributed by atoms with Crippen LogP contribution in [-0.4, -0.2) is 15.8 Å². The molecule has 0 aliphatic heterocycles. The highest BCUT2D eigenvalue weighted by atomic mass is 35.5. The maximum absolute atomic E-state index is 13.2. The third kappa shape index (κ3) is 3.65. The van der Waals surface area contributed by atoms with Crippen LogP contribution in [0.4, 0.5) is 15.8 Å². The third-order valence-corrected chi connectivity index (χ3v) is 2.82. The summed E-state index contributed by atoms with van der Waals surface area (Å²) in [5.41, 5.74) is -0.663. The molecule has 0 bridgehead atoms. The van der Waals surface area contributed by atoms with E-state index in [-0.39, 0.29) is 21.6 Å². The number of nitrogens with zero attached hydrogens (tertiary/aromatic N) is 2. The first-order chi connectivity index (χ1) is 9.86. The van der Waals surface area contributed by atoms with Gasteiger partial charge >= 0.3 is 0 Å². The molecule has 0 unspecified atom stereocenters. The molecule has 1 heterocycles. The number of hydrogen-bond acceptors (Lipinski definition) is 4. The van der Waals surface area contributed by atoms with Gasteiger partial charge in [-0.15, -0.1) is 0 Å². The summed E-state index contributed by atoms with van der Waals surface area (Å²) >= 11 is 11.3. The van der Waals surface area contributed by atoms with Gasteiger partial charge in [-0.3, -0.25) is 14.9 Å². The van der Waals surface area contributed by atoms with E-state index in [1.54, 1.807) is 0 Å². The summed E-state index contributed by atoms with van der Waals surface area (Å²) < 4.78 is 13.2. The van der Waals surface area contributed by atoms with Crippen molar-refractivity contribution >= 4 is 40.5 Å². The van der Waals surface area contributed by atoms with Gasteiger partial charge in [0.1, 0.15) is 21.8 Å². The summed E-state index contributed by atoms with van der Waals surface area (Å²) in [5.74, 6) is -1.45. The normalized spacial score (nSPS) is 10.2. The molecule has 1 amide bonds. The lowest BCUT2D eigenvalue weighted by atomic mass is 10.2. The first-order valence-electron chi connectivity index (χ1n) is 5.45. The molecule has 2 aromatic rings. The molecule has 0 spiro atoms. The van der Waals surface area contributed by atoms with Crippen LogP contribution in [0.1, 0.15) is 10.4 Å². The summed E-state index contributed by atoms with van der Waals surface area (Å²) in [6, 6.07) is 5.19. The van der Waals surface area contributed by atoms with Crippen LogP contribution in [0, 0.1) is 15.9 Å². The molecule has 9 heteroatoms. The van der Waals surface area contributed by atoms with Gasteiger partial charge in [0.15, 0.2) is 0 Å². The summed E-state index contributed by atoms with van der Waals surface area (Å²) in [6.07, 6.45) is 0. The van der Waals surface area contributed by atoms with E-state index in [9.17, 15) is 19.3 Å². The smallest absolute Gasteiger partial charge is 0.292 e. The maximum atomic E-state index is 13.2. The number of anilines is 1. The van der Waals surface area contributed by atoms with E-state index in [4.69, 9.17) is 23.2 Å². The number of benzene rings is 1. The Morgan fingerprint density at radius 3 is 2.43 bits per heavy atom. The molecule has 0 saturated heterocycles. The Hall–Kier alpha value is -2.25. The lowest BCUT2D eigenvalue weighted by Crippen LogP contribution is -2.13. The zero-order chi connectivity index (χ0) is 15.6. The molecule has 6 nitrogen and oxygen atoms in total. The molecule has 108 valence electrons. The van der Waals surface area contributed by atoms with E-state index >= 15 is 0 Å². The van der Waals surface area contributed by atoms with Crippen LogP contribution in [0.25, 0.3) is 0 Å². The number of halogens is 3. The number of nitro benzene ring substituents is 1. The second kappa shape index (κ2) is 6.02. The van der Waals surface area contributed by atoms with Gasteiger partial charge in [-0.05, 0) is 18.2 Å². The number of rotatable bonds is 3. The minimum atomic E-state index is -0.735. The van der Waals surface area contributed by atoms with Crippen molar-refractivity contribution < 1.29 is 14.1 Å². The zero-order valence-electron chi connectivity index (χ0n) is 10.1. The van der Waals surface area contributed by atoms with E-state index in [0.717, 1.165) is 18.2 Å².